The monoisotopic (exact) mass is 238 g/mol. The van der Waals surface area contributed by atoms with Crippen molar-refractivity contribution < 1.29 is 4.79 Å². The molecule has 1 unspecified atom stereocenters. The highest BCUT2D eigenvalue weighted by atomic mass is 16.1. The number of carbonyl (C=O) groups excluding carboxylic acids is 1. The molecule has 0 aliphatic rings. The summed E-state index contributed by atoms with van der Waals surface area (Å²) in [4.78, 5) is 16.2. The minimum Gasteiger partial charge on any atom is -0.330 e. The van der Waals surface area contributed by atoms with Crippen LogP contribution in [0.4, 0.5) is 0 Å². The first kappa shape index (κ1) is 13.8. The summed E-state index contributed by atoms with van der Waals surface area (Å²) in [7, 11) is 0. The van der Waals surface area contributed by atoms with E-state index in [-0.39, 0.29) is 11.7 Å². The Hall–Kier alpha value is -1.23. The maximum absolute atomic E-state index is 12.1. The van der Waals surface area contributed by atoms with Crippen LogP contribution in [-0.4, -0.2) is 27.1 Å². The van der Waals surface area contributed by atoms with Gasteiger partial charge in [-0.25, -0.2) is 9.67 Å². The molecule has 0 saturated heterocycles. The zero-order chi connectivity index (χ0) is 12.8. The quantitative estimate of drug-likeness (QED) is 0.770. The van der Waals surface area contributed by atoms with E-state index in [4.69, 9.17) is 5.73 Å². The zero-order valence-electron chi connectivity index (χ0n) is 10.9. The molecule has 1 rings (SSSR count). The van der Waals surface area contributed by atoms with Crippen molar-refractivity contribution in [3.63, 3.8) is 0 Å². The average Bonchev–Trinajstić information content (AvgIpc) is 2.72. The Kier molecular flexibility index (Phi) is 5.28. The number of carbonyl (C=O) groups is 1. The van der Waals surface area contributed by atoms with E-state index in [2.05, 4.69) is 23.9 Å². The largest absolute Gasteiger partial charge is 0.330 e. The maximum atomic E-state index is 12.1. The predicted molar refractivity (Wildman–Crippen MR) is 66.4 cm³/mol. The lowest BCUT2D eigenvalue weighted by Gasteiger charge is -2.15. The minimum atomic E-state index is -0.0583. The number of rotatable bonds is 7. The molecule has 0 radical (unpaired) electrons. The Morgan fingerprint density at radius 1 is 1.53 bits per heavy atom. The van der Waals surface area contributed by atoms with Crippen LogP contribution in [0, 0.1) is 11.8 Å². The second-order valence-electron chi connectivity index (χ2n) is 4.70. The lowest BCUT2D eigenvalue weighted by Crippen LogP contribution is -2.27. The van der Waals surface area contributed by atoms with Gasteiger partial charge in [-0.2, -0.15) is 5.10 Å². The number of nitrogens with zero attached hydrogens (tertiary/aromatic N) is 3. The van der Waals surface area contributed by atoms with E-state index in [0.717, 1.165) is 18.8 Å². The SMILES string of the molecule is CCn1ncnc1CC(=O)C(CN)CC(C)C. The molecule has 1 atom stereocenters. The highest BCUT2D eigenvalue weighted by molar-refractivity contribution is 5.82. The van der Waals surface area contributed by atoms with E-state index in [1.807, 2.05) is 6.92 Å². The Morgan fingerprint density at radius 3 is 2.76 bits per heavy atom. The molecule has 0 aromatic carbocycles. The third-order valence-electron chi connectivity index (χ3n) is 2.82. The van der Waals surface area contributed by atoms with Crippen LogP contribution in [0.25, 0.3) is 0 Å². The topological polar surface area (TPSA) is 73.8 Å². The molecule has 1 aromatic rings. The second kappa shape index (κ2) is 6.49. The van der Waals surface area contributed by atoms with Crippen molar-refractivity contribution in [2.75, 3.05) is 6.54 Å². The number of ketones is 1. The van der Waals surface area contributed by atoms with Crippen LogP contribution in [0.1, 0.15) is 33.0 Å². The van der Waals surface area contributed by atoms with Gasteiger partial charge in [0.2, 0.25) is 0 Å². The zero-order valence-corrected chi connectivity index (χ0v) is 10.9. The van der Waals surface area contributed by atoms with E-state index in [1.165, 1.54) is 6.33 Å². The third-order valence-corrected chi connectivity index (χ3v) is 2.82. The van der Waals surface area contributed by atoms with Crippen molar-refractivity contribution in [1.82, 2.24) is 14.8 Å². The molecular weight excluding hydrogens is 216 g/mol. The Labute approximate surface area is 102 Å². The summed E-state index contributed by atoms with van der Waals surface area (Å²) in [6.45, 7) is 7.34. The van der Waals surface area contributed by atoms with Crippen molar-refractivity contribution in [2.24, 2.45) is 17.6 Å². The van der Waals surface area contributed by atoms with Gasteiger partial charge in [0.05, 0.1) is 6.42 Å². The van der Waals surface area contributed by atoms with E-state index in [1.54, 1.807) is 4.68 Å². The van der Waals surface area contributed by atoms with Crippen molar-refractivity contribution in [3.8, 4) is 0 Å². The van der Waals surface area contributed by atoms with E-state index in [9.17, 15) is 4.79 Å². The van der Waals surface area contributed by atoms with Crippen molar-refractivity contribution in [3.05, 3.63) is 12.2 Å². The van der Waals surface area contributed by atoms with Gasteiger partial charge in [-0.15, -0.1) is 0 Å². The first-order valence-electron chi connectivity index (χ1n) is 6.17. The first-order chi connectivity index (χ1) is 8.08. The van der Waals surface area contributed by atoms with Gasteiger partial charge >= 0.3 is 0 Å². The number of aryl methyl sites for hydroxylation is 1. The predicted octanol–water partition coefficient (Wildman–Crippen LogP) is 1.03. The van der Waals surface area contributed by atoms with Gasteiger partial charge in [0.1, 0.15) is 17.9 Å². The van der Waals surface area contributed by atoms with E-state index >= 15 is 0 Å². The highest BCUT2D eigenvalue weighted by Crippen LogP contribution is 2.13. The lowest BCUT2D eigenvalue weighted by atomic mass is 9.92. The molecule has 2 N–H and O–H groups in total. The molecule has 0 fully saturated rings. The van der Waals surface area contributed by atoms with Crippen LogP contribution in [0.5, 0.6) is 0 Å². The maximum Gasteiger partial charge on any atom is 0.144 e. The molecule has 96 valence electrons. The fourth-order valence-electron chi connectivity index (χ4n) is 1.92. The molecule has 1 heterocycles. The van der Waals surface area contributed by atoms with Gasteiger partial charge < -0.3 is 5.73 Å². The Morgan fingerprint density at radius 2 is 2.24 bits per heavy atom. The summed E-state index contributed by atoms with van der Waals surface area (Å²) in [6, 6.07) is 0. The smallest absolute Gasteiger partial charge is 0.144 e. The normalized spacial score (nSPS) is 13.0. The van der Waals surface area contributed by atoms with Gasteiger partial charge in [-0.1, -0.05) is 13.8 Å². The fraction of sp³-hybridized carbons (Fsp3) is 0.750. The molecule has 5 nitrogen and oxygen atoms in total. The molecule has 5 heteroatoms. The van der Waals surface area contributed by atoms with Crippen LogP contribution in [0.15, 0.2) is 6.33 Å². The highest BCUT2D eigenvalue weighted by Gasteiger charge is 2.20. The summed E-state index contributed by atoms with van der Waals surface area (Å²) in [5.74, 6) is 1.33. The molecule has 0 bridgehead atoms. The Bertz CT molecular complexity index is 359. The molecular formula is C12H22N4O. The molecule has 0 aliphatic carbocycles. The Balaban J connectivity index is 2.64. The van der Waals surface area contributed by atoms with Crippen LogP contribution >= 0.6 is 0 Å². The van der Waals surface area contributed by atoms with Gasteiger partial charge in [0.25, 0.3) is 0 Å². The third kappa shape index (κ3) is 3.93. The van der Waals surface area contributed by atoms with Crippen molar-refractivity contribution in [1.29, 1.82) is 0 Å². The molecule has 0 saturated carbocycles. The second-order valence-corrected chi connectivity index (χ2v) is 4.70. The first-order valence-corrected chi connectivity index (χ1v) is 6.17. The minimum absolute atomic E-state index is 0.0583. The van der Waals surface area contributed by atoms with Crippen LogP contribution in [0.2, 0.25) is 0 Å². The summed E-state index contributed by atoms with van der Waals surface area (Å²) >= 11 is 0. The van der Waals surface area contributed by atoms with E-state index in [0.29, 0.717) is 18.9 Å². The van der Waals surface area contributed by atoms with Gasteiger partial charge in [-0.3, -0.25) is 4.79 Å². The van der Waals surface area contributed by atoms with Crippen LogP contribution < -0.4 is 5.73 Å². The summed E-state index contributed by atoms with van der Waals surface area (Å²) in [5, 5.41) is 4.06. The number of hydrogen-bond acceptors (Lipinski definition) is 4. The molecule has 0 spiro atoms. The van der Waals surface area contributed by atoms with Crippen molar-refractivity contribution in [2.45, 2.75) is 40.2 Å². The number of Topliss-reactive ketones (excluding diaryl/α,β-unsaturated/α-hetero) is 1. The standard InChI is InChI=1S/C12H22N4O/c1-4-16-12(14-8-15-16)6-11(17)10(7-13)5-9(2)3/h8-10H,4-7,13H2,1-3H3. The molecule has 0 aliphatic heterocycles. The summed E-state index contributed by atoms with van der Waals surface area (Å²) in [6.07, 6.45) is 2.67. The average molecular weight is 238 g/mol. The summed E-state index contributed by atoms with van der Waals surface area (Å²) in [5.41, 5.74) is 5.66. The van der Waals surface area contributed by atoms with Gasteiger partial charge in [0, 0.05) is 19.0 Å². The van der Waals surface area contributed by atoms with E-state index < -0.39 is 0 Å². The molecule has 0 amide bonds. The lowest BCUT2D eigenvalue weighted by molar-refractivity contribution is -0.122. The number of nitrogens with two attached hydrogens (primary N) is 1. The molecule has 17 heavy (non-hydrogen) atoms. The van der Waals surface area contributed by atoms with Crippen LogP contribution in [-0.2, 0) is 17.8 Å². The summed E-state index contributed by atoms with van der Waals surface area (Å²) < 4.78 is 1.75. The van der Waals surface area contributed by atoms with Gasteiger partial charge in [0.15, 0.2) is 0 Å². The van der Waals surface area contributed by atoms with Crippen LogP contribution in [0.3, 0.4) is 0 Å². The number of aromatic nitrogens is 3. The van der Waals surface area contributed by atoms with Gasteiger partial charge in [-0.05, 0) is 19.3 Å². The van der Waals surface area contributed by atoms with Crippen molar-refractivity contribution >= 4 is 5.78 Å². The number of hydrogen-bond donors (Lipinski definition) is 1. The fourth-order valence-corrected chi connectivity index (χ4v) is 1.92. The molecule has 1 aromatic heterocycles.